The minimum absolute atomic E-state index is 0.0284. The third kappa shape index (κ3) is 2.45. The molecule has 1 aliphatic carbocycles. The molecule has 0 bridgehead atoms. The molecular formula is C10H16F3NO. The van der Waals surface area contributed by atoms with E-state index in [4.69, 9.17) is 5.11 Å². The lowest BCUT2D eigenvalue weighted by atomic mass is 9.81. The largest absolute Gasteiger partial charge is 0.395 e. The van der Waals surface area contributed by atoms with Crippen LogP contribution in [0.15, 0.2) is 0 Å². The normalized spacial score (nSPS) is 36.8. The van der Waals surface area contributed by atoms with Crippen molar-refractivity contribution in [3.05, 3.63) is 0 Å². The van der Waals surface area contributed by atoms with Gasteiger partial charge in [0.1, 0.15) is 6.17 Å². The molecule has 5 heteroatoms. The Bertz CT molecular complexity index is 229. The van der Waals surface area contributed by atoms with Crippen molar-refractivity contribution in [3.8, 4) is 0 Å². The Morgan fingerprint density at radius 2 is 2.00 bits per heavy atom. The number of aliphatic hydroxyl groups is 1. The number of rotatable bonds is 3. The fourth-order valence-corrected chi connectivity index (χ4v) is 2.58. The van der Waals surface area contributed by atoms with Crippen molar-refractivity contribution in [2.75, 3.05) is 19.7 Å². The lowest BCUT2D eigenvalue weighted by Crippen LogP contribution is -2.44. The second-order valence-electron chi connectivity index (χ2n) is 4.75. The molecule has 0 unspecified atom stereocenters. The third-order valence-electron chi connectivity index (χ3n) is 3.35. The number of hydrogen-bond donors (Lipinski definition) is 1. The van der Waals surface area contributed by atoms with Gasteiger partial charge in [-0.15, -0.1) is 0 Å². The summed E-state index contributed by atoms with van der Waals surface area (Å²) in [6, 6.07) is -0.172. The Morgan fingerprint density at radius 1 is 1.33 bits per heavy atom. The van der Waals surface area contributed by atoms with Crippen molar-refractivity contribution in [2.45, 2.75) is 37.4 Å². The highest BCUT2D eigenvalue weighted by atomic mass is 19.3. The SMILES string of the molecule is OC[C@@H]1C[C@H](F)CN1CC1CC(F)(F)C1. The summed E-state index contributed by atoms with van der Waals surface area (Å²) in [5, 5.41) is 9.00. The van der Waals surface area contributed by atoms with E-state index in [9.17, 15) is 13.2 Å². The Morgan fingerprint density at radius 3 is 2.53 bits per heavy atom. The van der Waals surface area contributed by atoms with Crippen LogP contribution in [-0.2, 0) is 0 Å². The van der Waals surface area contributed by atoms with Gasteiger partial charge in [-0.3, -0.25) is 4.90 Å². The second-order valence-corrected chi connectivity index (χ2v) is 4.75. The molecule has 1 heterocycles. The van der Waals surface area contributed by atoms with E-state index in [2.05, 4.69) is 0 Å². The molecule has 1 N–H and O–H groups in total. The molecule has 0 aromatic carbocycles. The van der Waals surface area contributed by atoms with Gasteiger partial charge in [-0.2, -0.15) is 0 Å². The number of halogens is 3. The zero-order valence-electron chi connectivity index (χ0n) is 8.50. The average molecular weight is 223 g/mol. The fourth-order valence-electron chi connectivity index (χ4n) is 2.58. The van der Waals surface area contributed by atoms with Gasteiger partial charge >= 0.3 is 0 Å². The Hall–Kier alpha value is -0.290. The monoisotopic (exact) mass is 223 g/mol. The van der Waals surface area contributed by atoms with Crippen LogP contribution >= 0.6 is 0 Å². The van der Waals surface area contributed by atoms with Crippen molar-refractivity contribution in [1.82, 2.24) is 4.90 Å². The molecule has 0 aromatic heterocycles. The van der Waals surface area contributed by atoms with Crippen LogP contribution in [0.25, 0.3) is 0 Å². The van der Waals surface area contributed by atoms with Crippen LogP contribution in [0.2, 0.25) is 0 Å². The van der Waals surface area contributed by atoms with E-state index in [0.717, 1.165) is 0 Å². The van der Waals surface area contributed by atoms with Crippen LogP contribution in [0, 0.1) is 5.92 Å². The Labute approximate surface area is 87.1 Å². The van der Waals surface area contributed by atoms with Crippen LogP contribution in [0.5, 0.6) is 0 Å². The van der Waals surface area contributed by atoms with Crippen LogP contribution in [0.1, 0.15) is 19.3 Å². The Kier molecular flexibility index (Phi) is 2.94. The molecule has 0 amide bonds. The quantitative estimate of drug-likeness (QED) is 0.782. The van der Waals surface area contributed by atoms with Crippen LogP contribution < -0.4 is 0 Å². The molecule has 0 radical (unpaired) electrons. The van der Waals surface area contributed by atoms with Crippen molar-refractivity contribution < 1.29 is 18.3 Å². The van der Waals surface area contributed by atoms with E-state index in [1.54, 1.807) is 0 Å². The molecule has 2 aliphatic rings. The van der Waals surface area contributed by atoms with Gasteiger partial charge in [-0.25, -0.2) is 13.2 Å². The molecule has 1 saturated heterocycles. The average Bonchev–Trinajstić information content (AvgIpc) is 2.43. The third-order valence-corrected chi connectivity index (χ3v) is 3.35. The number of likely N-dealkylation sites (tertiary alicyclic amines) is 1. The summed E-state index contributed by atoms with van der Waals surface area (Å²) in [5.41, 5.74) is 0. The summed E-state index contributed by atoms with van der Waals surface area (Å²) < 4.78 is 38.2. The van der Waals surface area contributed by atoms with E-state index in [1.165, 1.54) is 0 Å². The van der Waals surface area contributed by atoms with Gasteiger partial charge in [0.05, 0.1) is 6.61 Å². The Balaban J connectivity index is 1.80. The molecule has 2 fully saturated rings. The molecule has 88 valence electrons. The van der Waals surface area contributed by atoms with Gasteiger partial charge in [-0.05, 0) is 12.3 Å². The van der Waals surface area contributed by atoms with E-state index >= 15 is 0 Å². The minimum atomic E-state index is -2.51. The first-order chi connectivity index (χ1) is 7.00. The van der Waals surface area contributed by atoms with Gasteiger partial charge in [0.2, 0.25) is 5.92 Å². The molecule has 1 saturated carbocycles. The zero-order valence-corrected chi connectivity index (χ0v) is 8.50. The lowest BCUT2D eigenvalue weighted by molar-refractivity contribution is -0.117. The first kappa shape index (κ1) is 11.2. The first-order valence-electron chi connectivity index (χ1n) is 5.37. The summed E-state index contributed by atoms with van der Waals surface area (Å²) in [6.45, 7) is 0.706. The topological polar surface area (TPSA) is 23.5 Å². The lowest BCUT2D eigenvalue weighted by Gasteiger charge is -2.38. The first-order valence-corrected chi connectivity index (χ1v) is 5.37. The molecule has 2 atom stereocenters. The van der Waals surface area contributed by atoms with E-state index < -0.39 is 12.1 Å². The van der Waals surface area contributed by atoms with Crippen molar-refractivity contribution in [1.29, 1.82) is 0 Å². The summed E-state index contributed by atoms with van der Waals surface area (Å²) >= 11 is 0. The van der Waals surface area contributed by atoms with Crippen molar-refractivity contribution in [2.24, 2.45) is 5.92 Å². The standard InChI is InChI=1S/C10H16F3NO/c11-8-1-9(6-15)14(5-8)4-7-2-10(12,13)3-7/h7-9,15H,1-6H2/t8-,9-/m0/s1. The van der Waals surface area contributed by atoms with Crippen LogP contribution in [0.3, 0.4) is 0 Å². The van der Waals surface area contributed by atoms with Gasteiger partial charge in [0, 0.05) is 32.0 Å². The van der Waals surface area contributed by atoms with Crippen LogP contribution in [-0.4, -0.2) is 47.8 Å². The maximum absolute atomic E-state index is 13.0. The van der Waals surface area contributed by atoms with Crippen molar-refractivity contribution >= 4 is 0 Å². The molecular weight excluding hydrogens is 207 g/mol. The van der Waals surface area contributed by atoms with Gasteiger partial charge in [-0.1, -0.05) is 0 Å². The van der Waals surface area contributed by atoms with E-state index in [-0.39, 0.29) is 38.0 Å². The van der Waals surface area contributed by atoms with Gasteiger partial charge in [0.25, 0.3) is 0 Å². The zero-order chi connectivity index (χ0) is 11.1. The number of alkyl halides is 3. The molecule has 2 rings (SSSR count). The summed E-state index contributed by atoms with van der Waals surface area (Å²) in [6.07, 6.45) is -0.751. The highest BCUT2D eigenvalue weighted by molar-refractivity contribution is 4.92. The smallest absolute Gasteiger partial charge is 0.248 e. The number of nitrogens with zero attached hydrogens (tertiary/aromatic N) is 1. The van der Waals surface area contributed by atoms with Gasteiger partial charge in [0.15, 0.2) is 0 Å². The second kappa shape index (κ2) is 3.94. The maximum Gasteiger partial charge on any atom is 0.248 e. The predicted octanol–water partition coefficient (Wildman–Crippen LogP) is 1.44. The number of hydrogen-bond acceptors (Lipinski definition) is 2. The van der Waals surface area contributed by atoms with Gasteiger partial charge < -0.3 is 5.11 Å². The van der Waals surface area contributed by atoms with Crippen molar-refractivity contribution in [3.63, 3.8) is 0 Å². The maximum atomic E-state index is 13.0. The molecule has 0 aromatic rings. The van der Waals surface area contributed by atoms with Crippen LogP contribution in [0.4, 0.5) is 13.2 Å². The van der Waals surface area contributed by atoms with E-state index in [0.29, 0.717) is 13.0 Å². The summed E-state index contributed by atoms with van der Waals surface area (Å²) in [4.78, 5) is 1.81. The molecule has 1 aliphatic heterocycles. The minimum Gasteiger partial charge on any atom is -0.395 e. The molecule has 15 heavy (non-hydrogen) atoms. The fraction of sp³-hybridized carbons (Fsp3) is 1.00. The molecule has 0 spiro atoms. The predicted molar refractivity (Wildman–Crippen MR) is 49.6 cm³/mol. The highest BCUT2D eigenvalue weighted by Crippen LogP contribution is 2.43. The highest BCUT2D eigenvalue weighted by Gasteiger charge is 2.46. The van der Waals surface area contributed by atoms with E-state index in [1.807, 2.05) is 4.90 Å². The summed E-state index contributed by atoms with van der Waals surface area (Å²) in [7, 11) is 0. The summed E-state index contributed by atoms with van der Waals surface area (Å²) in [5.74, 6) is -2.53. The number of aliphatic hydroxyl groups excluding tert-OH is 1. The molecule has 2 nitrogen and oxygen atoms in total.